The number of piperidine rings is 1. The molecule has 1 heterocycles. The molecule has 0 unspecified atom stereocenters. The highest BCUT2D eigenvalue weighted by molar-refractivity contribution is 7.89. The number of carbonyl (C=O) groups is 1. The molecule has 0 bridgehead atoms. The van der Waals surface area contributed by atoms with Gasteiger partial charge in [0.15, 0.2) is 11.5 Å². The van der Waals surface area contributed by atoms with E-state index in [1.165, 1.54) is 4.31 Å². The van der Waals surface area contributed by atoms with Gasteiger partial charge in [-0.1, -0.05) is 45.0 Å². The zero-order valence-corrected chi connectivity index (χ0v) is 19.2. The van der Waals surface area contributed by atoms with Gasteiger partial charge < -0.3 is 9.47 Å². The minimum Gasteiger partial charge on any atom is -0.490 e. The second-order valence-electron chi connectivity index (χ2n) is 8.12. The molecule has 7 heteroatoms. The van der Waals surface area contributed by atoms with Gasteiger partial charge in [0.05, 0.1) is 17.4 Å². The van der Waals surface area contributed by atoms with E-state index in [-0.39, 0.29) is 11.9 Å². The van der Waals surface area contributed by atoms with Crippen LogP contribution < -0.4 is 9.47 Å². The quantitative estimate of drug-likeness (QED) is 0.438. The monoisotopic (exact) mass is 445 g/mol. The maximum Gasteiger partial charge on any atom is 0.314 e. The van der Waals surface area contributed by atoms with Crippen molar-refractivity contribution in [3.8, 4) is 11.5 Å². The van der Waals surface area contributed by atoms with Crippen molar-refractivity contribution in [2.45, 2.75) is 50.8 Å². The normalized spacial score (nSPS) is 15.7. The first-order valence-corrected chi connectivity index (χ1v) is 12.3. The van der Waals surface area contributed by atoms with E-state index in [0.29, 0.717) is 54.9 Å². The predicted molar refractivity (Wildman–Crippen MR) is 120 cm³/mol. The van der Waals surface area contributed by atoms with Gasteiger partial charge in [-0.05, 0) is 55.0 Å². The lowest BCUT2D eigenvalue weighted by Gasteiger charge is -2.30. The smallest absolute Gasteiger partial charge is 0.314 e. The number of esters is 1. The summed E-state index contributed by atoms with van der Waals surface area (Å²) in [7, 11) is -3.57. The Balaban J connectivity index is 1.61. The molecular weight excluding hydrogens is 414 g/mol. The Labute approximate surface area is 185 Å². The second kappa shape index (κ2) is 10.3. The molecule has 6 nitrogen and oxygen atoms in total. The summed E-state index contributed by atoms with van der Waals surface area (Å²) in [6, 6.07) is 14.2. The highest BCUT2D eigenvalue weighted by Gasteiger charge is 2.33. The Bertz CT molecular complexity index is 977. The molecule has 0 amide bonds. The second-order valence-corrected chi connectivity index (χ2v) is 10.1. The van der Waals surface area contributed by atoms with Crippen LogP contribution in [-0.4, -0.2) is 38.4 Å². The van der Waals surface area contributed by atoms with E-state index in [9.17, 15) is 13.2 Å². The molecule has 3 rings (SSSR count). The van der Waals surface area contributed by atoms with E-state index >= 15 is 0 Å². The molecule has 0 radical (unpaired) electrons. The standard InChI is InChI=1S/C24H31NO5S/c1-4-17-29-22-7-5-6-8-23(22)30-24(26)20-13-15-25(16-14-20)31(27,28)21-11-9-19(10-12-21)18(2)3/h5-12,18,20H,4,13-17H2,1-3H3. The summed E-state index contributed by atoms with van der Waals surface area (Å²) in [5.74, 6) is 0.611. The summed E-state index contributed by atoms with van der Waals surface area (Å²) in [5, 5.41) is 0. The fourth-order valence-corrected chi connectivity index (χ4v) is 5.03. The maximum absolute atomic E-state index is 13.0. The third-order valence-corrected chi connectivity index (χ3v) is 7.41. The van der Waals surface area contributed by atoms with Crippen LogP contribution in [-0.2, 0) is 14.8 Å². The number of benzene rings is 2. The van der Waals surface area contributed by atoms with E-state index in [1.807, 2.05) is 25.1 Å². The van der Waals surface area contributed by atoms with E-state index < -0.39 is 10.0 Å². The van der Waals surface area contributed by atoms with Gasteiger partial charge in [0.1, 0.15) is 0 Å². The Morgan fingerprint density at radius 2 is 1.65 bits per heavy atom. The van der Waals surface area contributed by atoms with Crippen molar-refractivity contribution in [3.63, 3.8) is 0 Å². The lowest BCUT2D eigenvalue weighted by molar-refractivity contribution is -0.140. The van der Waals surface area contributed by atoms with Gasteiger partial charge in [0.25, 0.3) is 0 Å². The summed E-state index contributed by atoms with van der Waals surface area (Å²) in [6.45, 7) is 7.28. The summed E-state index contributed by atoms with van der Waals surface area (Å²) in [6.07, 6.45) is 1.72. The summed E-state index contributed by atoms with van der Waals surface area (Å²) >= 11 is 0. The summed E-state index contributed by atoms with van der Waals surface area (Å²) in [5.41, 5.74) is 1.10. The van der Waals surface area contributed by atoms with Crippen molar-refractivity contribution in [2.24, 2.45) is 5.92 Å². The minimum absolute atomic E-state index is 0.292. The van der Waals surface area contributed by atoms with Crippen LogP contribution in [0.15, 0.2) is 53.4 Å². The van der Waals surface area contributed by atoms with Gasteiger partial charge in [-0.3, -0.25) is 4.79 Å². The van der Waals surface area contributed by atoms with Crippen molar-refractivity contribution in [2.75, 3.05) is 19.7 Å². The fraction of sp³-hybridized carbons (Fsp3) is 0.458. The van der Waals surface area contributed by atoms with Crippen molar-refractivity contribution >= 4 is 16.0 Å². The van der Waals surface area contributed by atoms with Crippen molar-refractivity contribution < 1.29 is 22.7 Å². The third kappa shape index (κ3) is 5.66. The highest BCUT2D eigenvalue weighted by atomic mass is 32.2. The van der Waals surface area contributed by atoms with Crippen LogP contribution in [0.1, 0.15) is 51.5 Å². The molecule has 0 aromatic heterocycles. The fourth-order valence-electron chi connectivity index (χ4n) is 3.56. The lowest BCUT2D eigenvalue weighted by atomic mass is 9.98. The molecule has 1 aliphatic rings. The number of rotatable bonds is 8. The molecule has 0 aliphatic carbocycles. The van der Waals surface area contributed by atoms with Crippen LogP contribution >= 0.6 is 0 Å². The number of nitrogens with zero attached hydrogens (tertiary/aromatic N) is 1. The van der Waals surface area contributed by atoms with E-state index in [4.69, 9.17) is 9.47 Å². The third-order valence-electron chi connectivity index (χ3n) is 5.49. The van der Waals surface area contributed by atoms with Crippen LogP contribution in [0.25, 0.3) is 0 Å². The zero-order valence-electron chi connectivity index (χ0n) is 18.4. The van der Waals surface area contributed by atoms with Crippen LogP contribution in [0.2, 0.25) is 0 Å². The molecule has 31 heavy (non-hydrogen) atoms. The van der Waals surface area contributed by atoms with Crippen LogP contribution in [0.3, 0.4) is 0 Å². The average Bonchev–Trinajstić information content (AvgIpc) is 2.78. The lowest BCUT2D eigenvalue weighted by Crippen LogP contribution is -2.41. The van der Waals surface area contributed by atoms with Crippen LogP contribution in [0, 0.1) is 5.92 Å². The highest BCUT2D eigenvalue weighted by Crippen LogP contribution is 2.30. The molecule has 0 saturated carbocycles. The molecule has 2 aromatic carbocycles. The van der Waals surface area contributed by atoms with Crippen LogP contribution in [0.4, 0.5) is 0 Å². The van der Waals surface area contributed by atoms with E-state index in [1.54, 1.807) is 30.3 Å². The maximum atomic E-state index is 13.0. The molecular formula is C24H31NO5S. The Morgan fingerprint density at radius 3 is 2.23 bits per heavy atom. The van der Waals surface area contributed by atoms with Crippen molar-refractivity contribution in [3.05, 3.63) is 54.1 Å². The first kappa shape index (κ1) is 23.3. The van der Waals surface area contributed by atoms with Gasteiger partial charge in [0.2, 0.25) is 10.0 Å². The van der Waals surface area contributed by atoms with E-state index in [2.05, 4.69) is 13.8 Å². The van der Waals surface area contributed by atoms with Crippen molar-refractivity contribution in [1.29, 1.82) is 0 Å². The molecule has 2 aromatic rings. The van der Waals surface area contributed by atoms with E-state index in [0.717, 1.165) is 12.0 Å². The SMILES string of the molecule is CCCOc1ccccc1OC(=O)C1CCN(S(=O)(=O)c2ccc(C(C)C)cc2)CC1. The largest absolute Gasteiger partial charge is 0.490 e. The molecule has 1 saturated heterocycles. The Kier molecular flexibility index (Phi) is 7.73. The number of sulfonamides is 1. The van der Waals surface area contributed by atoms with Gasteiger partial charge in [-0.25, -0.2) is 8.42 Å². The molecule has 0 spiro atoms. The number of carbonyl (C=O) groups excluding carboxylic acids is 1. The van der Waals surface area contributed by atoms with Gasteiger partial charge in [-0.2, -0.15) is 4.31 Å². The number of ether oxygens (including phenoxy) is 2. The summed E-state index contributed by atoms with van der Waals surface area (Å²) in [4.78, 5) is 13.0. The first-order valence-electron chi connectivity index (χ1n) is 10.9. The molecule has 1 fully saturated rings. The number of hydrogen-bond acceptors (Lipinski definition) is 5. The van der Waals surface area contributed by atoms with Gasteiger partial charge in [-0.15, -0.1) is 0 Å². The van der Waals surface area contributed by atoms with Crippen LogP contribution in [0.5, 0.6) is 11.5 Å². The number of hydrogen-bond donors (Lipinski definition) is 0. The molecule has 1 aliphatic heterocycles. The summed E-state index contributed by atoms with van der Waals surface area (Å²) < 4.78 is 38.6. The average molecular weight is 446 g/mol. The van der Waals surface area contributed by atoms with Gasteiger partial charge in [0, 0.05) is 13.1 Å². The molecule has 0 atom stereocenters. The predicted octanol–water partition coefficient (Wildman–Crippen LogP) is 4.61. The zero-order chi connectivity index (χ0) is 22.4. The Morgan fingerprint density at radius 1 is 1.03 bits per heavy atom. The minimum atomic E-state index is -3.57. The first-order chi connectivity index (χ1) is 14.8. The Hall–Kier alpha value is -2.38. The number of para-hydroxylation sites is 2. The topological polar surface area (TPSA) is 72.9 Å². The molecule has 0 N–H and O–H groups in total. The molecule has 168 valence electrons. The van der Waals surface area contributed by atoms with Crippen molar-refractivity contribution in [1.82, 2.24) is 4.31 Å². The van der Waals surface area contributed by atoms with Gasteiger partial charge >= 0.3 is 5.97 Å².